The first-order valence-corrected chi connectivity index (χ1v) is 5.40. The van der Waals surface area contributed by atoms with Gasteiger partial charge in [-0.3, -0.25) is 4.79 Å². The molecule has 0 heterocycles. The quantitative estimate of drug-likeness (QED) is 0.567. The summed E-state index contributed by atoms with van der Waals surface area (Å²) in [6.07, 6.45) is 4.71. The molecule has 0 saturated heterocycles. The van der Waals surface area contributed by atoms with Crippen LogP contribution in [0.25, 0.3) is 0 Å². The van der Waals surface area contributed by atoms with Crippen LogP contribution in [0, 0.1) is 5.92 Å². The van der Waals surface area contributed by atoms with Crippen molar-refractivity contribution in [2.45, 2.75) is 38.1 Å². The van der Waals surface area contributed by atoms with Gasteiger partial charge >= 0.3 is 5.97 Å². The molecular weight excluding hydrogens is 180 g/mol. The van der Waals surface area contributed by atoms with Crippen LogP contribution in [0.1, 0.15) is 32.1 Å². The third-order valence-electron chi connectivity index (χ3n) is 2.84. The van der Waals surface area contributed by atoms with Crippen molar-refractivity contribution in [3.05, 3.63) is 0 Å². The minimum atomic E-state index is -0.643. The summed E-state index contributed by atoms with van der Waals surface area (Å²) in [5, 5.41) is 12.2. The Hall–Kier alpha value is -0.610. The van der Waals surface area contributed by atoms with Crippen molar-refractivity contribution in [1.82, 2.24) is 5.32 Å². The zero-order valence-electron chi connectivity index (χ0n) is 8.54. The largest absolute Gasteiger partial charge is 0.481 e. The average molecular weight is 200 g/mol. The minimum absolute atomic E-state index is 0.140. The fourth-order valence-electron chi connectivity index (χ4n) is 2.01. The molecule has 4 heteroatoms. The molecular formula is C10H20N2O2. The highest BCUT2D eigenvalue weighted by Gasteiger charge is 2.26. The van der Waals surface area contributed by atoms with E-state index in [1.54, 1.807) is 0 Å². The number of nitrogens with one attached hydrogen (secondary N) is 1. The fourth-order valence-corrected chi connectivity index (χ4v) is 2.01. The number of hydrogen-bond donors (Lipinski definition) is 3. The molecule has 82 valence electrons. The van der Waals surface area contributed by atoms with Crippen molar-refractivity contribution < 1.29 is 9.90 Å². The van der Waals surface area contributed by atoms with Gasteiger partial charge in [0.1, 0.15) is 0 Å². The van der Waals surface area contributed by atoms with Gasteiger partial charge in [-0.25, -0.2) is 0 Å². The summed E-state index contributed by atoms with van der Waals surface area (Å²) in [7, 11) is 0. The number of hydrogen-bond acceptors (Lipinski definition) is 3. The van der Waals surface area contributed by atoms with E-state index in [4.69, 9.17) is 10.8 Å². The first kappa shape index (κ1) is 11.5. The second-order valence-corrected chi connectivity index (χ2v) is 4.00. The summed E-state index contributed by atoms with van der Waals surface area (Å²) in [4.78, 5) is 10.8. The summed E-state index contributed by atoms with van der Waals surface area (Å²) in [5.74, 6) is -0.783. The Bertz CT molecular complexity index is 185. The second-order valence-electron chi connectivity index (χ2n) is 4.00. The summed E-state index contributed by atoms with van der Waals surface area (Å²) in [6, 6.07) is 0.386. The number of carbonyl (C=O) groups is 1. The van der Waals surface area contributed by atoms with Gasteiger partial charge in [-0.1, -0.05) is 6.42 Å². The molecule has 1 rings (SSSR count). The van der Waals surface area contributed by atoms with Gasteiger partial charge in [-0.2, -0.15) is 0 Å². The highest BCUT2D eigenvalue weighted by molar-refractivity contribution is 5.70. The third kappa shape index (κ3) is 3.64. The molecule has 0 aromatic rings. The lowest BCUT2D eigenvalue weighted by molar-refractivity contribution is -0.143. The third-order valence-corrected chi connectivity index (χ3v) is 2.84. The standard InChI is InChI=1S/C10H20N2O2/c11-5-2-6-12-9-4-1-3-8(7-9)10(13)14/h8-9,12H,1-7,11H2,(H,13,14). The van der Waals surface area contributed by atoms with E-state index in [1.807, 2.05) is 0 Å². The van der Waals surface area contributed by atoms with Crippen LogP contribution >= 0.6 is 0 Å². The first-order valence-electron chi connectivity index (χ1n) is 5.40. The molecule has 0 aromatic heterocycles. The van der Waals surface area contributed by atoms with Crippen LogP contribution < -0.4 is 11.1 Å². The predicted molar refractivity (Wildman–Crippen MR) is 55.1 cm³/mol. The second kappa shape index (κ2) is 5.98. The lowest BCUT2D eigenvalue weighted by atomic mass is 9.86. The van der Waals surface area contributed by atoms with E-state index in [0.717, 1.165) is 38.6 Å². The van der Waals surface area contributed by atoms with Crippen LogP contribution in [-0.4, -0.2) is 30.2 Å². The molecule has 2 unspecified atom stereocenters. The van der Waals surface area contributed by atoms with Crippen LogP contribution in [-0.2, 0) is 4.79 Å². The molecule has 0 bridgehead atoms. The van der Waals surface area contributed by atoms with Gasteiger partial charge in [0.15, 0.2) is 0 Å². The minimum Gasteiger partial charge on any atom is -0.481 e. The SMILES string of the molecule is NCCCNC1CCCC(C(=O)O)C1. The Kier molecular flexibility index (Phi) is 4.90. The highest BCUT2D eigenvalue weighted by atomic mass is 16.4. The molecule has 0 radical (unpaired) electrons. The first-order chi connectivity index (χ1) is 6.74. The predicted octanol–water partition coefficient (Wildman–Crippen LogP) is 0.568. The van der Waals surface area contributed by atoms with Gasteiger partial charge in [0, 0.05) is 6.04 Å². The average Bonchev–Trinajstić information content (AvgIpc) is 2.19. The summed E-state index contributed by atoms with van der Waals surface area (Å²) >= 11 is 0. The molecule has 0 aliphatic heterocycles. The van der Waals surface area contributed by atoms with E-state index in [-0.39, 0.29) is 5.92 Å². The van der Waals surface area contributed by atoms with Crippen LogP contribution in [0.2, 0.25) is 0 Å². The van der Waals surface area contributed by atoms with Gasteiger partial charge in [0.2, 0.25) is 0 Å². The van der Waals surface area contributed by atoms with Crippen molar-refractivity contribution in [2.75, 3.05) is 13.1 Å². The van der Waals surface area contributed by atoms with Gasteiger partial charge in [-0.15, -0.1) is 0 Å². The van der Waals surface area contributed by atoms with E-state index in [0.29, 0.717) is 12.6 Å². The Morgan fingerprint density at radius 1 is 1.50 bits per heavy atom. The summed E-state index contributed by atoms with van der Waals surface area (Å²) in [5.41, 5.74) is 5.39. The number of nitrogens with two attached hydrogens (primary N) is 1. The van der Waals surface area contributed by atoms with E-state index < -0.39 is 5.97 Å². The highest BCUT2D eigenvalue weighted by Crippen LogP contribution is 2.24. The number of rotatable bonds is 5. The molecule has 1 aliphatic carbocycles. The monoisotopic (exact) mass is 200 g/mol. The molecule has 1 saturated carbocycles. The molecule has 1 fully saturated rings. The van der Waals surface area contributed by atoms with Gasteiger partial charge in [0.05, 0.1) is 5.92 Å². The zero-order valence-corrected chi connectivity index (χ0v) is 8.54. The van der Waals surface area contributed by atoms with Crippen molar-refractivity contribution in [1.29, 1.82) is 0 Å². The van der Waals surface area contributed by atoms with Crippen LogP contribution in [0.15, 0.2) is 0 Å². The number of carboxylic acids is 1. The zero-order chi connectivity index (χ0) is 10.4. The molecule has 0 amide bonds. The van der Waals surface area contributed by atoms with E-state index in [2.05, 4.69) is 5.32 Å². The maximum absolute atomic E-state index is 10.8. The van der Waals surface area contributed by atoms with E-state index >= 15 is 0 Å². The van der Waals surface area contributed by atoms with Crippen LogP contribution in [0.5, 0.6) is 0 Å². The van der Waals surface area contributed by atoms with E-state index in [9.17, 15) is 4.79 Å². The molecule has 2 atom stereocenters. The molecule has 0 aromatic carbocycles. The van der Waals surface area contributed by atoms with Gasteiger partial charge in [-0.05, 0) is 38.8 Å². The van der Waals surface area contributed by atoms with Crippen LogP contribution in [0.4, 0.5) is 0 Å². The van der Waals surface area contributed by atoms with Crippen molar-refractivity contribution in [3.63, 3.8) is 0 Å². The Balaban J connectivity index is 2.22. The fraction of sp³-hybridized carbons (Fsp3) is 0.900. The topological polar surface area (TPSA) is 75.3 Å². The smallest absolute Gasteiger partial charge is 0.306 e. The van der Waals surface area contributed by atoms with Crippen molar-refractivity contribution >= 4 is 5.97 Å². The summed E-state index contributed by atoms with van der Waals surface area (Å²) < 4.78 is 0. The normalized spacial score (nSPS) is 27.5. The van der Waals surface area contributed by atoms with Gasteiger partial charge in [0.25, 0.3) is 0 Å². The van der Waals surface area contributed by atoms with Crippen LogP contribution in [0.3, 0.4) is 0 Å². The molecule has 14 heavy (non-hydrogen) atoms. The molecule has 1 aliphatic rings. The van der Waals surface area contributed by atoms with Crippen molar-refractivity contribution in [2.24, 2.45) is 11.7 Å². The van der Waals surface area contributed by atoms with Gasteiger partial charge < -0.3 is 16.2 Å². The number of aliphatic carboxylic acids is 1. The maximum atomic E-state index is 10.8. The summed E-state index contributed by atoms with van der Waals surface area (Å²) in [6.45, 7) is 1.61. The molecule has 4 N–H and O–H groups in total. The Morgan fingerprint density at radius 3 is 2.93 bits per heavy atom. The number of carboxylic acid groups (broad SMARTS) is 1. The Morgan fingerprint density at radius 2 is 2.29 bits per heavy atom. The molecule has 0 spiro atoms. The van der Waals surface area contributed by atoms with Crippen molar-refractivity contribution in [3.8, 4) is 0 Å². The Labute approximate surface area is 84.9 Å². The maximum Gasteiger partial charge on any atom is 0.306 e. The lowest BCUT2D eigenvalue weighted by Crippen LogP contribution is -2.37. The molecule has 4 nitrogen and oxygen atoms in total. The lowest BCUT2D eigenvalue weighted by Gasteiger charge is -2.27. The van der Waals surface area contributed by atoms with E-state index in [1.165, 1.54) is 0 Å².